The van der Waals surface area contributed by atoms with Crippen LogP contribution in [0.4, 0.5) is 4.79 Å². The van der Waals surface area contributed by atoms with Gasteiger partial charge in [-0.15, -0.1) is 0 Å². The monoisotopic (exact) mass is 519 g/mol. The van der Waals surface area contributed by atoms with Gasteiger partial charge in [0.1, 0.15) is 5.75 Å². The zero-order chi connectivity index (χ0) is 26.0. The van der Waals surface area contributed by atoms with Gasteiger partial charge in [-0.3, -0.25) is 14.9 Å². The first kappa shape index (κ1) is 24.5. The third kappa shape index (κ3) is 4.80. The van der Waals surface area contributed by atoms with Gasteiger partial charge in [0, 0.05) is 47.8 Å². The lowest BCUT2D eigenvalue weighted by atomic mass is 9.99. The van der Waals surface area contributed by atoms with E-state index in [1.807, 2.05) is 22.7 Å². The maximum atomic E-state index is 13.1. The highest BCUT2D eigenvalue weighted by Crippen LogP contribution is 2.28. The summed E-state index contributed by atoms with van der Waals surface area (Å²) in [4.78, 5) is 41.5. The standard InChI is InChI=1S/C26H25N5O5S/c1-36-20-7-6-19-15-31(23(32)21(19)14-20)16-26(24(33)27-25(34)28-26)9-8-17-2-4-18(5-3-17)22(29-35)30-10-12-37-13-11-30/h2-7,14,35H,10-13,15-16H2,1H3,(H2,27,28,33,34)/b29-22-/t26-/m1/s1. The molecule has 0 saturated carbocycles. The minimum atomic E-state index is -1.60. The molecule has 2 fully saturated rings. The Bertz CT molecular complexity index is 1340. The van der Waals surface area contributed by atoms with Crippen LogP contribution < -0.4 is 15.4 Å². The van der Waals surface area contributed by atoms with Crippen molar-refractivity contribution in [2.45, 2.75) is 12.1 Å². The van der Waals surface area contributed by atoms with Gasteiger partial charge in [0.15, 0.2) is 5.84 Å². The first-order valence-electron chi connectivity index (χ1n) is 11.7. The van der Waals surface area contributed by atoms with Crippen molar-refractivity contribution in [1.82, 2.24) is 20.4 Å². The molecule has 0 aliphatic carbocycles. The summed E-state index contributed by atoms with van der Waals surface area (Å²) in [6, 6.07) is 11.7. The fourth-order valence-electron chi connectivity index (χ4n) is 4.57. The average molecular weight is 520 g/mol. The van der Waals surface area contributed by atoms with Crippen LogP contribution in [-0.4, -0.2) is 82.5 Å². The second kappa shape index (κ2) is 10.1. The van der Waals surface area contributed by atoms with Gasteiger partial charge in [0.25, 0.3) is 11.8 Å². The van der Waals surface area contributed by atoms with Crippen LogP contribution in [0.25, 0.3) is 0 Å². The fraction of sp³-hybridized carbons (Fsp3) is 0.308. The van der Waals surface area contributed by atoms with Crippen molar-refractivity contribution in [2.75, 3.05) is 38.2 Å². The van der Waals surface area contributed by atoms with Gasteiger partial charge in [-0.05, 0) is 42.0 Å². The maximum absolute atomic E-state index is 13.1. The number of benzene rings is 2. The number of nitrogens with zero attached hydrogens (tertiary/aromatic N) is 3. The third-order valence-corrected chi connectivity index (χ3v) is 7.48. The highest BCUT2D eigenvalue weighted by Gasteiger charge is 2.48. The number of amides is 4. The number of carbonyl (C=O) groups is 3. The molecule has 1 atom stereocenters. The molecule has 0 aromatic heterocycles. The second-order valence-electron chi connectivity index (χ2n) is 8.85. The zero-order valence-electron chi connectivity index (χ0n) is 20.1. The van der Waals surface area contributed by atoms with E-state index in [1.54, 1.807) is 36.4 Å². The second-order valence-corrected chi connectivity index (χ2v) is 10.1. The zero-order valence-corrected chi connectivity index (χ0v) is 20.9. The summed E-state index contributed by atoms with van der Waals surface area (Å²) in [6.45, 7) is 1.78. The quantitative estimate of drug-likeness (QED) is 0.140. The summed E-state index contributed by atoms with van der Waals surface area (Å²) in [5.74, 6) is 8.00. The van der Waals surface area contributed by atoms with Crippen LogP contribution in [0.1, 0.15) is 27.0 Å². The van der Waals surface area contributed by atoms with Crippen molar-refractivity contribution in [3.63, 3.8) is 0 Å². The van der Waals surface area contributed by atoms with Crippen molar-refractivity contribution < 1.29 is 24.3 Å². The van der Waals surface area contributed by atoms with Gasteiger partial charge in [-0.2, -0.15) is 11.8 Å². The number of ether oxygens (including phenoxy) is 1. The molecule has 2 aromatic rings. The molecule has 0 spiro atoms. The molecule has 3 aliphatic heterocycles. The Hall–Kier alpha value is -4.17. The Morgan fingerprint density at radius 2 is 1.92 bits per heavy atom. The van der Waals surface area contributed by atoms with Crippen molar-refractivity contribution in [1.29, 1.82) is 0 Å². The smallest absolute Gasteiger partial charge is 0.323 e. The van der Waals surface area contributed by atoms with Crippen LogP contribution in [-0.2, 0) is 11.3 Å². The molecule has 2 saturated heterocycles. The highest BCUT2D eigenvalue weighted by molar-refractivity contribution is 7.99. The lowest BCUT2D eigenvalue weighted by Crippen LogP contribution is -2.54. The minimum Gasteiger partial charge on any atom is -0.497 e. The summed E-state index contributed by atoms with van der Waals surface area (Å²) in [7, 11) is 1.53. The molecule has 5 rings (SSSR count). The predicted molar refractivity (Wildman–Crippen MR) is 138 cm³/mol. The first-order valence-corrected chi connectivity index (χ1v) is 12.9. The molecular formula is C26H25N5O5S. The van der Waals surface area contributed by atoms with Crippen molar-refractivity contribution in [3.05, 3.63) is 64.7 Å². The molecule has 3 aliphatic rings. The van der Waals surface area contributed by atoms with Gasteiger partial charge in [-0.1, -0.05) is 23.1 Å². The summed E-state index contributed by atoms with van der Waals surface area (Å²) in [5, 5.41) is 17.9. The van der Waals surface area contributed by atoms with Gasteiger partial charge < -0.3 is 25.1 Å². The van der Waals surface area contributed by atoms with E-state index in [2.05, 4.69) is 27.6 Å². The number of thioether (sulfide) groups is 1. The molecule has 0 unspecified atom stereocenters. The SMILES string of the molecule is COc1ccc2c(c1)C(=O)N(C[C@@]1(C#Cc3ccc(/C(=N/O)N4CCSCC4)cc3)NC(=O)NC1=O)C2. The Morgan fingerprint density at radius 1 is 1.16 bits per heavy atom. The Labute approximate surface area is 218 Å². The number of hydrogen-bond acceptors (Lipinski definition) is 7. The van der Waals surface area contributed by atoms with Crippen LogP contribution in [0.15, 0.2) is 47.6 Å². The van der Waals surface area contributed by atoms with Crippen LogP contribution in [0.5, 0.6) is 5.75 Å². The fourth-order valence-corrected chi connectivity index (χ4v) is 5.48. The number of imide groups is 1. The summed E-state index contributed by atoms with van der Waals surface area (Å²) in [5.41, 5.74) is 1.06. The van der Waals surface area contributed by atoms with E-state index in [4.69, 9.17) is 4.74 Å². The lowest BCUT2D eigenvalue weighted by Gasteiger charge is -2.28. The van der Waals surface area contributed by atoms with Crippen molar-refractivity contribution in [2.24, 2.45) is 5.16 Å². The topological polar surface area (TPSA) is 124 Å². The molecule has 190 valence electrons. The van der Waals surface area contributed by atoms with Gasteiger partial charge in [0.2, 0.25) is 5.54 Å². The number of nitrogens with one attached hydrogen (secondary N) is 2. The van der Waals surface area contributed by atoms with E-state index < -0.39 is 17.5 Å². The Morgan fingerprint density at radius 3 is 2.57 bits per heavy atom. The van der Waals surface area contributed by atoms with E-state index in [-0.39, 0.29) is 19.0 Å². The van der Waals surface area contributed by atoms with E-state index in [9.17, 15) is 19.6 Å². The molecule has 11 heteroatoms. The molecule has 37 heavy (non-hydrogen) atoms. The number of urea groups is 1. The molecule has 10 nitrogen and oxygen atoms in total. The van der Waals surface area contributed by atoms with Crippen LogP contribution in [0.3, 0.4) is 0 Å². The van der Waals surface area contributed by atoms with Crippen LogP contribution in [0, 0.1) is 11.8 Å². The molecule has 3 N–H and O–H groups in total. The van der Waals surface area contributed by atoms with E-state index in [0.717, 1.165) is 35.7 Å². The van der Waals surface area contributed by atoms with Gasteiger partial charge in [0.05, 0.1) is 13.7 Å². The lowest BCUT2D eigenvalue weighted by molar-refractivity contribution is -0.122. The van der Waals surface area contributed by atoms with Crippen molar-refractivity contribution >= 4 is 35.4 Å². The van der Waals surface area contributed by atoms with Crippen LogP contribution in [0.2, 0.25) is 0 Å². The molecular weight excluding hydrogens is 494 g/mol. The van der Waals surface area contributed by atoms with E-state index >= 15 is 0 Å². The molecule has 0 bridgehead atoms. The number of methoxy groups -OCH3 is 1. The number of hydrogen-bond donors (Lipinski definition) is 3. The van der Waals surface area contributed by atoms with E-state index in [0.29, 0.717) is 22.7 Å². The number of oxime groups is 1. The summed E-state index contributed by atoms with van der Waals surface area (Å²) < 4.78 is 5.22. The third-order valence-electron chi connectivity index (χ3n) is 6.53. The van der Waals surface area contributed by atoms with Crippen molar-refractivity contribution in [3.8, 4) is 17.6 Å². The number of amidine groups is 1. The molecule has 3 heterocycles. The number of rotatable bonds is 4. The Balaban J connectivity index is 1.37. The number of fused-ring (bicyclic) bond motifs is 1. The number of carbonyl (C=O) groups excluding carboxylic acids is 3. The largest absolute Gasteiger partial charge is 0.497 e. The maximum Gasteiger partial charge on any atom is 0.323 e. The highest BCUT2D eigenvalue weighted by atomic mass is 32.2. The van der Waals surface area contributed by atoms with Gasteiger partial charge >= 0.3 is 6.03 Å². The van der Waals surface area contributed by atoms with Crippen LogP contribution >= 0.6 is 11.8 Å². The summed E-state index contributed by atoms with van der Waals surface area (Å²) in [6.07, 6.45) is 0. The normalized spacial score (nSPS) is 21.2. The summed E-state index contributed by atoms with van der Waals surface area (Å²) >= 11 is 1.86. The van der Waals surface area contributed by atoms with E-state index in [1.165, 1.54) is 12.0 Å². The molecule has 0 radical (unpaired) electrons. The molecule has 4 amide bonds. The predicted octanol–water partition coefficient (Wildman–Crippen LogP) is 1.47. The Kier molecular flexibility index (Phi) is 6.67. The molecule has 2 aromatic carbocycles. The first-order chi connectivity index (χ1) is 17.9. The minimum absolute atomic E-state index is 0.111. The average Bonchev–Trinajstić information content (AvgIpc) is 3.38. The van der Waals surface area contributed by atoms with Gasteiger partial charge in [-0.25, -0.2) is 4.79 Å².